The Balaban J connectivity index is 1.53. The molecule has 7 nitrogen and oxygen atoms in total. The van der Waals surface area contributed by atoms with Gasteiger partial charge in [0.05, 0.1) is 5.70 Å². The summed E-state index contributed by atoms with van der Waals surface area (Å²) in [7, 11) is 0. The molecule has 0 radical (unpaired) electrons. The van der Waals surface area contributed by atoms with Crippen molar-refractivity contribution in [1.82, 2.24) is 20.2 Å². The van der Waals surface area contributed by atoms with E-state index in [0.29, 0.717) is 5.95 Å². The van der Waals surface area contributed by atoms with E-state index in [0.717, 1.165) is 28.1 Å². The number of nitrogens with zero attached hydrogens (tertiary/aromatic N) is 5. The van der Waals surface area contributed by atoms with E-state index in [2.05, 4.69) is 89.3 Å². The predicted octanol–water partition coefficient (Wildman–Crippen LogP) is 4.69. The molecule has 0 unspecified atom stereocenters. The Morgan fingerprint density at radius 2 is 1.44 bits per heavy atom. The van der Waals surface area contributed by atoms with Crippen LogP contribution in [0.25, 0.3) is 5.70 Å². The average Bonchev–Trinajstić information content (AvgIpc) is 3.32. The summed E-state index contributed by atoms with van der Waals surface area (Å²) >= 11 is 0. The molecule has 0 spiro atoms. The highest BCUT2D eigenvalue weighted by atomic mass is 16.2. The highest BCUT2D eigenvalue weighted by molar-refractivity contribution is 5.97. The fraction of sp³-hybridized carbons (Fsp3) is 0.185. The van der Waals surface area contributed by atoms with E-state index in [-0.39, 0.29) is 18.5 Å². The number of amides is 1. The van der Waals surface area contributed by atoms with Crippen molar-refractivity contribution in [2.24, 2.45) is 0 Å². The molecule has 0 bridgehead atoms. The molecular formula is C27H26N6O. The van der Waals surface area contributed by atoms with Crippen molar-refractivity contribution in [3.05, 3.63) is 107 Å². The van der Waals surface area contributed by atoms with Gasteiger partial charge >= 0.3 is 0 Å². The Kier molecular flexibility index (Phi) is 5.67. The van der Waals surface area contributed by atoms with Gasteiger partial charge in [-0.15, -0.1) is 0 Å². The third-order valence-electron chi connectivity index (χ3n) is 5.99. The number of hydrogen-bond acceptors (Lipinski definition) is 5. The molecule has 0 saturated carbocycles. The Hall–Kier alpha value is -4.26. The average molecular weight is 451 g/mol. The van der Waals surface area contributed by atoms with Crippen LogP contribution in [-0.2, 0) is 4.79 Å². The van der Waals surface area contributed by atoms with Gasteiger partial charge in [-0.25, -0.2) is 0 Å². The molecule has 1 aromatic heterocycles. The lowest BCUT2D eigenvalue weighted by Gasteiger charge is -2.32. The van der Waals surface area contributed by atoms with Gasteiger partial charge in [-0.3, -0.25) is 9.69 Å². The van der Waals surface area contributed by atoms with Crippen LogP contribution in [0.1, 0.15) is 33.9 Å². The molecule has 1 aliphatic rings. The van der Waals surface area contributed by atoms with E-state index < -0.39 is 0 Å². The SMILES string of the molecule is Cc1ccc(NC(=O)CN2C(c3ccc(C)cc3)=C[C@@H](c3ccc(C)cc3)n3nnnc32)cc1. The van der Waals surface area contributed by atoms with Crippen molar-refractivity contribution in [3.8, 4) is 0 Å². The van der Waals surface area contributed by atoms with Gasteiger partial charge < -0.3 is 5.32 Å². The van der Waals surface area contributed by atoms with Crippen molar-refractivity contribution >= 4 is 23.2 Å². The number of tetrazole rings is 1. The first kappa shape index (κ1) is 21.6. The molecule has 2 heterocycles. The molecular weight excluding hydrogens is 424 g/mol. The highest BCUT2D eigenvalue weighted by Crippen LogP contribution is 2.36. The maximum absolute atomic E-state index is 13.1. The second kappa shape index (κ2) is 8.94. The molecule has 170 valence electrons. The van der Waals surface area contributed by atoms with Crippen LogP contribution in [0.4, 0.5) is 11.6 Å². The second-order valence-electron chi connectivity index (χ2n) is 8.70. The Bertz CT molecular complexity index is 1340. The quantitative estimate of drug-likeness (QED) is 0.478. The molecule has 5 rings (SSSR count). The molecule has 1 aliphatic heterocycles. The number of aryl methyl sites for hydroxylation is 3. The summed E-state index contributed by atoms with van der Waals surface area (Å²) in [5.74, 6) is 0.382. The summed E-state index contributed by atoms with van der Waals surface area (Å²) < 4.78 is 1.77. The van der Waals surface area contributed by atoms with Crippen molar-refractivity contribution < 1.29 is 4.79 Å². The van der Waals surface area contributed by atoms with Gasteiger partial charge in [0.15, 0.2) is 0 Å². The van der Waals surface area contributed by atoms with Crippen LogP contribution < -0.4 is 10.2 Å². The van der Waals surface area contributed by atoms with E-state index in [1.54, 1.807) is 4.68 Å². The molecule has 3 aromatic carbocycles. The van der Waals surface area contributed by atoms with Crippen molar-refractivity contribution in [2.75, 3.05) is 16.8 Å². The molecule has 0 saturated heterocycles. The van der Waals surface area contributed by atoms with Crippen LogP contribution in [0.2, 0.25) is 0 Å². The monoisotopic (exact) mass is 450 g/mol. The third-order valence-corrected chi connectivity index (χ3v) is 5.99. The molecule has 4 aromatic rings. The largest absolute Gasteiger partial charge is 0.325 e. The minimum Gasteiger partial charge on any atom is -0.325 e. The van der Waals surface area contributed by atoms with Crippen molar-refractivity contribution in [1.29, 1.82) is 0 Å². The number of carbonyl (C=O) groups excluding carboxylic acids is 1. The van der Waals surface area contributed by atoms with Crippen molar-refractivity contribution in [2.45, 2.75) is 26.8 Å². The first-order chi connectivity index (χ1) is 16.5. The van der Waals surface area contributed by atoms with Crippen LogP contribution >= 0.6 is 0 Å². The number of anilines is 2. The number of allylic oxidation sites excluding steroid dienone is 1. The summed E-state index contributed by atoms with van der Waals surface area (Å²) in [6.07, 6.45) is 2.12. The maximum Gasteiger partial charge on any atom is 0.251 e. The van der Waals surface area contributed by atoms with E-state index >= 15 is 0 Å². The van der Waals surface area contributed by atoms with Gasteiger partial charge in [0.1, 0.15) is 12.6 Å². The topological polar surface area (TPSA) is 75.9 Å². The third kappa shape index (κ3) is 4.32. The summed E-state index contributed by atoms with van der Waals surface area (Å²) in [4.78, 5) is 14.9. The van der Waals surface area contributed by atoms with Crippen LogP contribution in [0.15, 0.2) is 78.9 Å². The number of aromatic nitrogens is 4. The van der Waals surface area contributed by atoms with Crippen molar-refractivity contribution in [3.63, 3.8) is 0 Å². The highest BCUT2D eigenvalue weighted by Gasteiger charge is 2.31. The zero-order valence-electron chi connectivity index (χ0n) is 19.4. The number of hydrogen-bond donors (Lipinski definition) is 1. The molecule has 1 N–H and O–H groups in total. The molecule has 0 fully saturated rings. The first-order valence-electron chi connectivity index (χ1n) is 11.3. The number of nitrogens with one attached hydrogen (secondary N) is 1. The van der Waals surface area contributed by atoms with Gasteiger partial charge in [-0.2, -0.15) is 4.68 Å². The number of fused-ring (bicyclic) bond motifs is 1. The van der Waals surface area contributed by atoms with Crippen LogP contribution in [0, 0.1) is 20.8 Å². The van der Waals surface area contributed by atoms with Gasteiger partial charge in [0.2, 0.25) is 5.91 Å². The first-order valence-corrected chi connectivity index (χ1v) is 11.3. The second-order valence-corrected chi connectivity index (χ2v) is 8.70. The smallest absolute Gasteiger partial charge is 0.251 e. The molecule has 1 atom stereocenters. The van der Waals surface area contributed by atoms with E-state index in [4.69, 9.17) is 0 Å². The number of rotatable bonds is 5. The fourth-order valence-corrected chi connectivity index (χ4v) is 4.08. The maximum atomic E-state index is 13.1. The number of benzene rings is 3. The van der Waals surface area contributed by atoms with Crippen LogP contribution in [0.3, 0.4) is 0 Å². The van der Waals surface area contributed by atoms with Gasteiger partial charge in [-0.05, 0) is 60.5 Å². The van der Waals surface area contributed by atoms with Crippen LogP contribution in [0.5, 0.6) is 0 Å². The lowest BCUT2D eigenvalue weighted by Crippen LogP contribution is -2.37. The standard InChI is InChI=1S/C27H26N6O/c1-18-4-10-21(11-5-18)24-16-25(22-12-6-19(2)7-13-22)33-27(29-30-31-33)32(24)17-26(34)28-23-14-8-20(3)9-15-23/h4-16,25H,17H2,1-3H3,(H,28,34)/t25-/m0/s1. The predicted molar refractivity (Wildman–Crippen MR) is 133 cm³/mol. The molecule has 34 heavy (non-hydrogen) atoms. The van der Waals surface area contributed by atoms with Gasteiger partial charge in [-0.1, -0.05) is 82.5 Å². The zero-order chi connectivity index (χ0) is 23.7. The Labute approximate surface area is 198 Å². The summed E-state index contributed by atoms with van der Waals surface area (Å²) in [6, 6.07) is 24.2. The summed E-state index contributed by atoms with van der Waals surface area (Å²) in [5, 5.41) is 15.5. The molecule has 0 aliphatic carbocycles. The summed E-state index contributed by atoms with van der Waals surface area (Å²) in [5.41, 5.74) is 7.22. The Morgan fingerprint density at radius 1 is 0.853 bits per heavy atom. The molecule has 1 amide bonds. The van der Waals surface area contributed by atoms with E-state index in [1.807, 2.05) is 36.1 Å². The normalized spacial score (nSPS) is 15.0. The fourth-order valence-electron chi connectivity index (χ4n) is 4.08. The zero-order valence-corrected chi connectivity index (χ0v) is 19.4. The summed E-state index contributed by atoms with van der Waals surface area (Å²) in [6.45, 7) is 6.22. The van der Waals surface area contributed by atoms with E-state index in [9.17, 15) is 4.79 Å². The molecule has 7 heteroatoms. The van der Waals surface area contributed by atoms with Gasteiger partial charge in [0, 0.05) is 5.69 Å². The lowest BCUT2D eigenvalue weighted by atomic mass is 9.99. The number of carbonyl (C=O) groups is 1. The minimum atomic E-state index is -0.182. The van der Waals surface area contributed by atoms with E-state index in [1.165, 1.54) is 11.1 Å². The lowest BCUT2D eigenvalue weighted by molar-refractivity contribution is -0.114. The van der Waals surface area contributed by atoms with Crippen LogP contribution in [-0.4, -0.2) is 32.7 Å². The van der Waals surface area contributed by atoms with Gasteiger partial charge in [0.25, 0.3) is 5.95 Å². The minimum absolute atomic E-state index is 0.0780. The Morgan fingerprint density at radius 3 is 2.09 bits per heavy atom.